The van der Waals surface area contributed by atoms with Gasteiger partial charge in [-0.05, 0) is 30.7 Å². The Morgan fingerprint density at radius 1 is 1.14 bits per heavy atom. The predicted molar refractivity (Wildman–Crippen MR) is 106 cm³/mol. The zero-order valence-corrected chi connectivity index (χ0v) is 16.0. The van der Waals surface area contributed by atoms with E-state index in [1.807, 2.05) is 24.3 Å². The standard InChI is InChI=1S/C18H13Cl2N5O3/c1-9-16(26)22-18(27)25(24-9)11-6-13(19)15(14(20)7-11)28-17-12-5-3-2-4-10(12)8-21-23-17/h2-7,21H,8H2,1H3,(H,22,26,27). The lowest BCUT2D eigenvalue weighted by Gasteiger charge is -2.19. The van der Waals surface area contributed by atoms with Gasteiger partial charge in [-0.25, -0.2) is 4.79 Å². The van der Waals surface area contributed by atoms with Crippen LogP contribution < -0.4 is 21.4 Å². The molecule has 0 saturated carbocycles. The largest absolute Gasteiger partial charge is 0.434 e. The highest BCUT2D eigenvalue weighted by Gasteiger charge is 2.20. The fourth-order valence-corrected chi connectivity index (χ4v) is 3.29. The van der Waals surface area contributed by atoms with Gasteiger partial charge in [-0.3, -0.25) is 9.78 Å². The number of hydrogen-bond donors (Lipinski definition) is 2. The van der Waals surface area contributed by atoms with Crippen LogP contribution in [0.5, 0.6) is 5.75 Å². The molecule has 4 rings (SSSR count). The van der Waals surface area contributed by atoms with E-state index < -0.39 is 11.2 Å². The fraction of sp³-hybridized carbons (Fsp3) is 0.111. The third kappa shape index (κ3) is 3.28. The third-order valence-corrected chi connectivity index (χ3v) is 4.68. The van der Waals surface area contributed by atoms with Crippen molar-refractivity contribution in [1.29, 1.82) is 0 Å². The summed E-state index contributed by atoms with van der Waals surface area (Å²) in [7, 11) is 0. The van der Waals surface area contributed by atoms with Crippen molar-refractivity contribution in [3.8, 4) is 11.4 Å². The van der Waals surface area contributed by atoms with Crippen molar-refractivity contribution in [2.75, 3.05) is 0 Å². The van der Waals surface area contributed by atoms with Gasteiger partial charge in [0, 0.05) is 5.56 Å². The molecule has 2 N–H and O–H groups in total. The van der Waals surface area contributed by atoms with Crippen LogP contribution in [0.1, 0.15) is 16.8 Å². The summed E-state index contributed by atoms with van der Waals surface area (Å²) in [5, 5.41) is 8.47. The minimum atomic E-state index is -0.703. The molecule has 28 heavy (non-hydrogen) atoms. The second kappa shape index (κ2) is 7.14. The van der Waals surface area contributed by atoms with Gasteiger partial charge in [0.15, 0.2) is 5.75 Å². The molecule has 142 valence electrons. The van der Waals surface area contributed by atoms with Crippen LogP contribution in [0, 0.1) is 6.92 Å². The molecule has 0 fully saturated rings. The first-order valence-electron chi connectivity index (χ1n) is 8.20. The second-order valence-electron chi connectivity index (χ2n) is 6.01. The summed E-state index contributed by atoms with van der Waals surface area (Å²) in [5.41, 5.74) is 3.90. The monoisotopic (exact) mass is 417 g/mol. The first kappa shape index (κ1) is 18.3. The SMILES string of the molecule is Cc1nn(-c2cc(Cl)c(OC3=NNCc4ccccc43)c(Cl)c2)c(=O)[nH]c1=O. The Morgan fingerprint density at radius 2 is 1.86 bits per heavy atom. The van der Waals surface area contributed by atoms with Crippen molar-refractivity contribution in [3.63, 3.8) is 0 Å². The predicted octanol–water partition coefficient (Wildman–Crippen LogP) is 2.38. The Bertz CT molecular complexity index is 1210. The number of rotatable bonds is 2. The summed E-state index contributed by atoms with van der Waals surface area (Å²) in [6.07, 6.45) is 0. The van der Waals surface area contributed by atoms with Crippen LogP contribution >= 0.6 is 23.2 Å². The normalized spacial score (nSPS) is 12.8. The Morgan fingerprint density at radius 3 is 2.61 bits per heavy atom. The average molecular weight is 418 g/mol. The Hall–Kier alpha value is -3.10. The highest BCUT2D eigenvalue weighted by atomic mass is 35.5. The van der Waals surface area contributed by atoms with Crippen LogP contribution in [-0.4, -0.2) is 20.7 Å². The number of ether oxygens (including phenoxy) is 1. The number of nitrogens with zero attached hydrogens (tertiary/aromatic N) is 3. The summed E-state index contributed by atoms with van der Waals surface area (Å²) >= 11 is 12.7. The number of fused-ring (bicyclic) bond motifs is 1. The third-order valence-electron chi connectivity index (χ3n) is 4.12. The van der Waals surface area contributed by atoms with Gasteiger partial charge in [-0.15, -0.1) is 5.10 Å². The molecule has 0 amide bonds. The van der Waals surface area contributed by atoms with Crippen LogP contribution in [0.2, 0.25) is 10.0 Å². The van der Waals surface area contributed by atoms with E-state index in [1.165, 1.54) is 19.1 Å². The smallest absolute Gasteiger partial charge is 0.349 e. The highest BCUT2D eigenvalue weighted by Crippen LogP contribution is 2.36. The van der Waals surface area contributed by atoms with Crippen molar-refractivity contribution in [2.24, 2.45) is 5.10 Å². The van der Waals surface area contributed by atoms with Gasteiger partial charge in [0.25, 0.3) is 5.56 Å². The summed E-state index contributed by atoms with van der Waals surface area (Å²) in [6.45, 7) is 2.07. The molecule has 0 unspecified atom stereocenters. The van der Waals surface area contributed by atoms with E-state index in [0.717, 1.165) is 15.8 Å². The molecule has 1 aliphatic rings. The molecule has 8 nitrogen and oxygen atoms in total. The lowest BCUT2D eigenvalue weighted by atomic mass is 10.1. The van der Waals surface area contributed by atoms with Gasteiger partial charge in [-0.2, -0.15) is 9.78 Å². The van der Waals surface area contributed by atoms with Crippen LogP contribution in [0.4, 0.5) is 0 Å². The molecule has 0 spiro atoms. The fourth-order valence-electron chi connectivity index (χ4n) is 2.74. The van der Waals surface area contributed by atoms with E-state index in [0.29, 0.717) is 12.4 Å². The van der Waals surface area contributed by atoms with Crippen molar-refractivity contribution < 1.29 is 4.74 Å². The quantitative estimate of drug-likeness (QED) is 0.666. The first-order chi connectivity index (χ1) is 13.4. The van der Waals surface area contributed by atoms with Gasteiger partial charge in [0.05, 0.1) is 22.3 Å². The van der Waals surface area contributed by atoms with Gasteiger partial charge in [0.2, 0.25) is 5.90 Å². The van der Waals surface area contributed by atoms with Crippen molar-refractivity contribution in [3.05, 3.63) is 84.1 Å². The highest BCUT2D eigenvalue weighted by molar-refractivity contribution is 6.37. The molecule has 0 saturated heterocycles. The average Bonchev–Trinajstić information content (AvgIpc) is 2.67. The Labute approximate surface area is 168 Å². The maximum Gasteiger partial charge on any atom is 0.349 e. The number of aromatic nitrogens is 3. The van der Waals surface area contributed by atoms with Crippen molar-refractivity contribution in [1.82, 2.24) is 20.2 Å². The van der Waals surface area contributed by atoms with Crippen LogP contribution in [0.15, 0.2) is 51.1 Å². The molecule has 2 heterocycles. The molecule has 0 bridgehead atoms. The Kier molecular flexibility index (Phi) is 4.66. The summed E-state index contributed by atoms with van der Waals surface area (Å²) in [6, 6.07) is 10.6. The van der Waals surface area contributed by atoms with Gasteiger partial charge >= 0.3 is 5.69 Å². The molecule has 2 aromatic carbocycles. The maximum atomic E-state index is 12.1. The van der Waals surface area contributed by atoms with E-state index in [1.54, 1.807) is 0 Å². The van der Waals surface area contributed by atoms with E-state index in [4.69, 9.17) is 27.9 Å². The number of H-pyrrole nitrogens is 1. The van der Waals surface area contributed by atoms with Crippen molar-refractivity contribution in [2.45, 2.75) is 13.5 Å². The second-order valence-corrected chi connectivity index (χ2v) is 6.82. The molecular formula is C18H13Cl2N5O3. The van der Waals surface area contributed by atoms with Gasteiger partial charge in [-0.1, -0.05) is 41.4 Å². The lowest BCUT2D eigenvalue weighted by molar-refractivity contribution is 0.529. The summed E-state index contributed by atoms with van der Waals surface area (Å²) in [5.74, 6) is 0.520. The number of hydrogen-bond acceptors (Lipinski definition) is 6. The maximum absolute atomic E-state index is 12.1. The zero-order valence-electron chi connectivity index (χ0n) is 14.5. The van der Waals surface area contributed by atoms with E-state index in [2.05, 4.69) is 20.6 Å². The van der Waals surface area contributed by atoms with E-state index in [-0.39, 0.29) is 27.2 Å². The molecular weight excluding hydrogens is 405 g/mol. The molecule has 0 aliphatic carbocycles. The molecule has 3 aromatic rings. The minimum absolute atomic E-state index is 0.131. The Balaban J connectivity index is 1.74. The number of nitrogens with one attached hydrogen (secondary N) is 2. The molecule has 10 heteroatoms. The van der Waals surface area contributed by atoms with E-state index in [9.17, 15) is 9.59 Å². The van der Waals surface area contributed by atoms with Crippen LogP contribution in [0.3, 0.4) is 0 Å². The minimum Gasteiger partial charge on any atom is -0.434 e. The molecule has 0 atom stereocenters. The van der Waals surface area contributed by atoms with Gasteiger partial charge in [0.1, 0.15) is 5.69 Å². The number of aromatic amines is 1. The topological polar surface area (TPSA) is 101 Å². The van der Waals surface area contributed by atoms with Gasteiger partial charge < -0.3 is 10.2 Å². The first-order valence-corrected chi connectivity index (χ1v) is 8.96. The number of halogens is 2. The summed E-state index contributed by atoms with van der Waals surface area (Å²) < 4.78 is 6.87. The number of hydrazone groups is 1. The zero-order chi connectivity index (χ0) is 19.8. The van der Waals surface area contributed by atoms with E-state index >= 15 is 0 Å². The number of aryl methyl sites for hydroxylation is 1. The number of benzene rings is 2. The van der Waals surface area contributed by atoms with Crippen molar-refractivity contribution >= 4 is 29.1 Å². The molecule has 1 aromatic heterocycles. The lowest BCUT2D eigenvalue weighted by Crippen LogP contribution is -2.32. The summed E-state index contributed by atoms with van der Waals surface area (Å²) in [4.78, 5) is 25.7. The van der Waals surface area contributed by atoms with Crippen LogP contribution in [0.25, 0.3) is 5.69 Å². The molecule has 1 aliphatic heterocycles. The van der Waals surface area contributed by atoms with Crippen LogP contribution in [-0.2, 0) is 6.54 Å². The molecule has 0 radical (unpaired) electrons.